The van der Waals surface area contributed by atoms with Gasteiger partial charge in [-0.3, -0.25) is 4.99 Å². The number of piperidine rings is 2. The van der Waals surface area contributed by atoms with Gasteiger partial charge in [0, 0.05) is 27.6 Å². The molecule has 3 aliphatic rings. The highest BCUT2D eigenvalue weighted by Crippen LogP contribution is 2.40. The van der Waals surface area contributed by atoms with Crippen LogP contribution in [0.5, 0.6) is 0 Å². The van der Waals surface area contributed by atoms with Crippen LogP contribution in [0.4, 0.5) is 0 Å². The van der Waals surface area contributed by atoms with Gasteiger partial charge >= 0.3 is 0 Å². The van der Waals surface area contributed by atoms with Gasteiger partial charge in [0.25, 0.3) is 0 Å². The zero-order chi connectivity index (χ0) is 24.2. The average molecular weight is 604 g/mol. The van der Waals surface area contributed by atoms with Crippen LogP contribution in [0.3, 0.4) is 0 Å². The fourth-order valence-electron chi connectivity index (χ4n) is 5.21. The van der Waals surface area contributed by atoms with E-state index < -0.39 is 0 Å². The Morgan fingerprint density at radius 1 is 1.00 bits per heavy atom. The lowest BCUT2D eigenvalue weighted by Crippen LogP contribution is -2.37. The molecule has 1 unspecified atom stereocenters. The Labute approximate surface area is 223 Å². The summed E-state index contributed by atoms with van der Waals surface area (Å²) in [7, 11) is 0. The Kier molecular flexibility index (Phi) is 13.8. The molecular formula is C27H42Br2ClN3. The molecule has 1 aliphatic carbocycles. The molecule has 1 atom stereocenters. The second kappa shape index (κ2) is 15.7. The molecule has 33 heavy (non-hydrogen) atoms. The second-order valence-corrected chi connectivity index (χ2v) is 10.8. The van der Waals surface area contributed by atoms with Gasteiger partial charge in [0.1, 0.15) is 0 Å². The molecular weight excluding hydrogens is 562 g/mol. The molecule has 2 saturated heterocycles. The molecule has 0 radical (unpaired) electrons. The number of halogens is 3. The van der Waals surface area contributed by atoms with E-state index in [4.69, 9.17) is 11.6 Å². The molecule has 1 aromatic rings. The number of rotatable bonds is 3. The summed E-state index contributed by atoms with van der Waals surface area (Å²) < 4.78 is 1.04. The van der Waals surface area contributed by atoms with E-state index >= 15 is 0 Å². The molecule has 3 nitrogen and oxygen atoms in total. The first-order valence-corrected chi connectivity index (χ1v) is 15.0. The number of aliphatic imine (C=N–C) groups is 1. The Bertz CT molecular complexity index is 766. The first kappa shape index (κ1) is 29.0. The molecule has 2 heterocycles. The summed E-state index contributed by atoms with van der Waals surface area (Å²) in [4.78, 5) is 4.63. The minimum atomic E-state index is 0.307. The van der Waals surface area contributed by atoms with Crippen molar-refractivity contribution >= 4 is 49.7 Å². The average Bonchev–Trinajstić information content (AvgIpc) is 2.99. The van der Waals surface area contributed by atoms with Crippen LogP contribution in [0, 0.1) is 11.8 Å². The monoisotopic (exact) mass is 601 g/mol. The summed E-state index contributed by atoms with van der Waals surface area (Å²) in [6, 6.07) is 4.10. The maximum atomic E-state index is 6.21. The summed E-state index contributed by atoms with van der Waals surface area (Å²) in [5.41, 5.74) is 5.20. The predicted molar refractivity (Wildman–Crippen MR) is 153 cm³/mol. The molecule has 0 aromatic heterocycles. The lowest BCUT2D eigenvalue weighted by atomic mass is 9.80. The zero-order valence-electron chi connectivity index (χ0n) is 20.8. The van der Waals surface area contributed by atoms with E-state index in [-0.39, 0.29) is 0 Å². The molecule has 186 valence electrons. The highest BCUT2D eigenvalue weighted by molar-refractivity contribution is 9.10. The SMILES string of the molecule is C1CC(C2CCNCC2)CCN1.CC.CC1=C(N=CCBr)C(C)c2ccc(Cl)c(Br)c2CC1. The number of fused-ring (bicyclic) bond motifs is 1. The van der Waals surface area contributed by atoms with Crippen LogP contribution in [0.2, 0.25) is 5.02 Å². The third-order valence-electron chi connectivity index (χ3n) is 7.03. The molecule has 1 aromatic carbocycles. The summed E-state index contributed by atoms with van der Waals surface area (Å²) in [6.07, 6.45) is 9.65. The van der Waals surface area contributed by atoms with E-state index in [1.54, 1.807) is 0 Å². The Morgan fingerprint density at radius 3 is 2.06 bits per heavy atom. The molecule has 6 heteroatoms. The van der Waals surface area contributed by atoms with Crippen LogP contribution in [0.15, 0.2) is 32.9 Å². The Hall–Kier alpha value is -0.200. The van der Waals surface area contributed by atoms with Crippen LogP contribution >= 0.6 is 43.5 Å². The van der Waals surface area contributed by atoms with E-state index in [0.717, 1.165) is 39.5 Å². The van der Waals surface area contributed by atoms with Crippen LogP contribution < -0.4 is 10.6 Å². The van der Waals surface area contributed by atoms with Gasteiger partial charge in [0.05, 0.1) is 5.02 Å². The smallest absolute Gasteiger partial charge is 0.0551 e. The summed E-state index contributed by atoms with van der Waals surface area (Å²) in [5.74, 6) is 2.38. The van der Waals surface area contributed by atoms with E-state index in [9.17, 15) is 0 Å². The maximum Gasteiger partial charge on any atom is 0.0551 e. The van der Waals surface area contributed by atoms with Crippen molar-refractivity contribution in [1.82, 2.24) is 10.6 Å². The predicted octanol–water partition coefficient (Wildman–Crippen LogP) is 7.90. The summed E-state index contributed by atoms with van der Waals surface area (Å²) in [5, 5.41) is 8.45. The van der Waals surface area contributed by atoms with Gasteiger partial charge in [-0.15, -0.1) is 0 Å². The van der Waals surface area contributed by atoms with E-state index in [1.165, 1.54) is 74.3 Å². The van der Waals surface area contributed by atoms with Crippen LogP contribution in [0.1, 0.15) is 76.8 Å². The summed E-state index contributed by atoms with van der Waals surface area (Å²) in [6.45, 7) is 13.4. The van der Waals surface area contributed by atoms with Gasteiger partial charge in [-0.05, 0) is 117 Å². The first-order chi connectivity index (χ1) is 16.0. The highest BCUT2D eigenvalue weighted by Gasteiger charge is 2.25. The first-order valence-electron chi connectivity index (χ1n) is 12.7. The van der Waals surface area contributed by atoms with Gasteiger partial charge in [-0.25, -0.2) is 0 Å². The lowest BCUT2D eigenvalue weighted by Gasteiger charge is -2.33. The Balaban J connectivity index is 0.000000236. The Morgan fingerprint density at radius 2 is 1.55 bits per heavy atom. The van der Waals surface area contributed by atoms with E-state index in [2.05, 4.69) is 67.4 Å². The number of nitrogens with zero attached hydrogens (tertiary/aromatic N) is 1. The zero-order valence-corrected chi connectivity index (χ0v) is 24.8. The third kappa shape index (κ3) is 8.45. The summed E-state index contributed by atoms with van der Waals surface area (Å²) >= 11 is 13.2. The molecule has 2 aliphatic heterocycles. The largest absolute Gasteiger partial charge is 0.317 e. The van der Waals surface area contributed by atoms with Gasteiger partial charge in [-0.2, -0.15) is 0 Å². The van der Waals surface area contributed by atoms with E-state index in [0.29, 0.717) is 5.92 Å². The van der Waals surface area contributed by atoms with Gasteiger partial charge in [0.2, 0.25) is 0 Å². The van der Waals surface area contributed by atoms with Gasteiger partial charge < -0.3 is 10.6 Å². The van der Waals surface area contributed by atoms with Crippen molar-refractivity contribution in [2.45, 2.75) is 72.1 Å². The molecule has 0 saturated carbocycles. The van der Waals surface area contributed by atoms with Crippen molar-refractivity contribution in [3.63, 3.8) is 0 Å². The van der Waals surface area contributed by atoms with Crippen molar-refractivity contribution < 1.29 is 0 Å². The fourth-order valence-corrected chi connectivity index (χ4v) is 6.09. The number of hydrogen-bond donors (Lipinski definition) is 2. The van der Waals surface area contributed by atoms with Crippen LogP contribution in [-0.4, -0.2) is 37.7 Å². The van der Waals surface area contributed by atoms with E-state index in [1.807, 2.05) is 26.1 Å². The number of allylic oxidation sites excluding steroid dienone is 2. The number of nitrogens with one attached hydrogen (secondary N) is 2. The topological polar surface area (TPSA) is 36.4 Å². The van der Waals surface area contributed by atoms with Crippen molar-refractivity contribution in [2.24, 2.45) is 16.8 Å². The van der Waals surface area contributed by atoms with Gasteiger partial charge in [-0.1, -0.05) is 59.9 Å². The van der Waals surface area contributed by atoms with Crippen LogP contribution in [-0.2, 0) is 6.42 Å². The molecule has 0 amide bonds. The standard InChI is InChI=1S/C15H16Br2ClN.C10H20N2.C2H6/c1-9-3-4-12-11(5-6-13(18)14(12)17)10(2)15(9)19-8-7-16;1-5-11-6-2-9(1)10-3-7-12-8-4-10;1-2/h5-6,8,10H,3-4,7H2,1-2H3;9-12H,1-8H2;1-2H3. The van der Waals surface area contributed by atoms with Crippen LogP contribution in [0.25, 0.3) is 0 Å². The quantitative estimate of drug-likeness (QED) is 0.272. The molecule has 4 rings (SSSR count). The number of benzene rings is 1. The molecule has 0 bridgehead atoms. The van der Waals surface area contributed by atoms with Crippen molar-refractivity contribution in [3.05, 3.63) is 44.0 Å². The third-order valence-corrected chi connectivity index (χ3v) is 8.77. The number of hydrogen-bond acceptors (Lipinski definition) is 3. The minimum Gasteiger partial charge on any atom is -0.317 e. The maximum absolute atomic E-state index is 6.21. The lowest BCUT2D eigenvalue weighted by molar-refractivity contribution is 0.212. The molecule has 2 fully saturated rings. The van der Waals surface area contributed by atoms with Gasteiger partial charge in [0.15, 0.2) is 0 Å². The highest BCUT2D eigenvalue weighted by atomic mass is 79.9. The normalized spacial score (nSPS) is 22.1. The molecule has 2 N–H and O–H groups in total. The molecule has 0 spiro atoms. The van der Waals surface area contributed by atoms with Crippen molar-refractivity contribution in [1.29, 1.82) is 0 Å². The second-order valence-electron chi connectivity index (χ2n) is 8.96. The number of alkyl halides is 1. The van der Waals surface area contributed by atoms with Crippen molar-refractivity contribution in [2.75, 3.05) is 31.5 Å². The van der Waals surface area contributed by atoms with Crippen molar-refractivity contribution in [3.8, 4) is 0 Å². The fraction of sp³-hybridized carbons (Fsp3) is 0.667. The minimum absolute atomic E-state index is 0.307.